The zero-order valence-corrected chi connectivity index (χ0v) is 12.1. The lowest BCUT2D eigenvalue weighted by molar-refractivity contribution is 0.282. The van der Waals surface area contributed by atoms with E-state index in [2.05, 4.69) is 5.32 Å². The Kier molecular flexibility index (Phi) is 3.81. The lowest BCUT2D eigenvalue weighted by Crippen LogP contribution is -2.23. The SMILES string of the molecule is CNC(CC1CC2CCC1C2)c1cccc(Cl)c1F. The third-order valence-corrected chi connectivity index (χ3v) is 5.42. The summed E-state index contributed by atoms with van der Waals surface area (Å²) in [4.78, 5) is 0. The number of nitrogens with one attached hydrogen (secondary N) is 1. The molecule has 2 aliphatic rings. The van der Waals surface area contributed by atoms with E-state index in [1.165, 1.54) is 25.7 Å². The maximum Gasteiger partial charge on any atom is 0.146 e. The standard InChI is InChI=1S/C16H21ClFN/c1-19-15(13-3-2-4-14(17)16(13)18)9-12-8-10-5-6-11(12)7-10/h2-4,10-12,15,19H,5-9H2,1H3. The molecule has 19 heavy (non-hydrogen) atoms. The molecule has 1 aromatic rings. The van der Waals surface area contributed by atoms with E-state index < -0.39 is 0 Å². The molecular formula is C16H21ClFN. The van der Waals surface area contributed by atoms with Gasteiger partial charge in [-0.1, -0.05) is 30.2 Å². The van der Waals surface area contributed by atoms with E-state index in [1.807, 2.05) is 19.2 Å². The molecule has 1 N–H and O–H groups in total. The molecule has 1 aromatic carbocycles. The first-order chi connectivity index (χ1) is 9.19. The molecule has 4 unspecified atom stereocenters. The maximum atomic E-state index is 14.1. The van der Waals surface area contributed by atoms with E-state index in [4.69, 9.17) is 11.6 Å². The molecule has 104 valence electrons. The second-order valence-electron chi connectivity index (χ2n) is 6.15. The van der Waals surface area contributed by atoms with Crippen LogP contribution in [0, 0.1) is 23.6 Å². The fourth-order valence-electron chi connectivity index (χ4n) is 4.16. The monoisotopic (exact) mass is 281 g/mol. The molecule has 0 amide bonds. The smallest absolute Gasteiger partial charge is 0.146 e. The Morgan fingerprint density at radius 2 is 2.21 bits per heavy atom. The third-order valence-electron chi connectivity index (χ3n) is 5.13. The molecule has 1 nitrogen and oxygen atoms in total. The van der Waals surface area contributed by atoms with Crippen molar-refractivity contribution < 1.29 is 4.39 Å². The molecule has 0 aromatic heterocycles. The fraction of sp³-hybridized carbons (Fsp3) is 0.625. The summed E-state index contributed by atoms with van der Waals surface area (Å²) in [6, 6.07) is 5.40. The molecule has 2 aliphatic carbocycles. The van der Waals surface area contributed by atoms with Crippen LogP contribution in [0.1, 0.15) is 43.7 Å². The van der Waals surface area contributed by atoms with E-state index >= 15 is 0 Å². The van der Waals surface area contributed by atoms with Crippen molar-refractivity contribution in [2.75, 3.05) is 7.05 Å². The summed E-state index contributed by atoms with van der Waals surface area (Å²) in [6.07, 6.45) is 6.57. The number of hydrogen-bond donors (Lipinski definition) is 1. The summed E-state index contributed by atoms with van der Waals surface area (Å²) in [5.74, 6) is 2.32. The van der Waals surface area contributed by atoms with Gasteiger partial charge in [0.15, 0.2) is 0 Å². The van der Waals surface area contributed by atoms with Gasteiger partial charge >= 0.3 is 0 Å². The zero-order chi connectivity index (χ0) is 13.4. The first-order valence-electron chi connectivity index (χ1n) is 7.30. The lowest BCUT2D eigenvalue weighted by Gasteiger charge is -2.27. The van der Waals surface area contributed by atoms with Gasteiger partial charge in [0, 0.05) is 11.6 Å². The van der Waals surface area contributed by atoms with Gasteiger partial charge in [-0.3, -0.25) is 0 Å². The normalized spacial score (nSPS) is 30.8. The van der Waals surface area contributed by atoms with Crippen LogP contribution in [-0.4, -0.2) is 7.05 Å². The maximum absolute atomic E-state index is 14.1. The highest BCUT2D eigenvalue weighted by atomic mass is 35.5. The van der Waals surface area contributed by atoms with Crippen molar-refractivity contribution in [3.63, 3.8) is 0 Å². The lowest BCUT2D eigenvalue weighted by atomic mass is 9.82. The quantitative estimate of drug-likeness (QED) is 0.853. The summed E-state index contributed by atoms with van der Waals surface area (Å²) in [7, 11) is 1.91. The van der Waals surface area contributed by atoms with Gasteiger partial charge < -0.3 is 5.32 Å². The molecule has 2 saturated carbocycles. The van der Waals surface area contributed by atoms with Crippen LogP contribution >= 0.6 is 11.6 Å². The van der Waals surface area contributed by atoms with Crippen molar-refractivity contribution in [1.29, 1.82) is 0 Å². The van der Waals surface area contributed by atoms with Crippen LogP contribution in [0.3, 0.4) is 0 Å². The van der Waals surface area contributed by atoms with Crippen LogP contribution in [0.15, 0.2) is 18.2 Å². The number of rotatable bonds is 4. The Balaban J connectivity index is 1.75. The molecule has 0 aliphatic heterocycles. The van der Waals surface area contributed by atoms with Crippen molar-refractivity contribution in [1.82, 2.24) is 5.32 Å². The van der Waals surface area contributed by atoms with Gasteiger partial charge in [-0.05, 0) is 56.6 Å². The predicted molar refractivity (Wildman–Crippen MR) is 76.8 cm³/mol. The summed E-state index contributed by atoms with van der Waals surface area (Å²) in [5, 5.41) is 3.50. The number of halogens is 2. The van der Waals surface area contributed by atoms with Crippen LogP contribution in [0.2, 0.25) is 5.02 Å². The van der Waals surface area contributed by atoms with Gasteiger partial charge in [0.1, 0.15) is 5.82 Å². The van der Waals surface area contributed by atoms with E-state index in [1.54, 1.807) is 6.07 Å². The largest absolute Gasteiger partial charge is 0.313 e. The van der Waals surface area contributed by atoms with Gasteiger partial charge in [0.25, 0.3) is 0 Å². The van der Waals surface area contributed by atoms with Crippen molar-refractivity contribution in [3.8, 4) is 0 Å². The molecule has 4 atom stereocenters. The number of hydrogen-bond acceptors (Lipinski definition) is 1. The molecule has 0 radical (unpaired) electrons. The van der Waals surface area contributed by atoms with Crippen molar-refractivity contribution in [3.05, 3.63) is 34.6 Å². The Hall–Kier alpha value is -0.600. The molecule has 3 rings (SSSR count). The average molecular weight is 282 g/mol. The highest BCUT2D eigenvalue weighted by molar-refractivity contribution is 6.30. The fourth-order valence-corrected chi connectivity index (χ4v) is 4.34. The number of fused-ring (bicyclic) bond motifs is 2. The molecule has 0 heterocycles. The second kappa shape index (κ2) is 5.41. The highest BCUT2D eigenvalue weighted by Crippen LogP contribution is 2.51. The summed E-state index contributed by atoms with van der Waals surface area (Å²) in [6.45, 7) is 0. The minimum Gasteiger partial charge on any atom is -0.313 e. The Bertz CT molecular complexity index is 462. The van der Waals surface area contributed by atoms with Crippen molar-refractivity contribution >= 4 is 11.6 Å². The topological polar surface area (TPSA) is 12.0 Å². The van der Waals surface area contributed by atoms with Crippen LogP contribution in [0.4, 0.5) is 4.39 Å². The first-order valence-corrected chi connectivity index (χ1v) is 7.68. The van der Waals surface area contributed by atoms with E-state index in [0.29, 0.717) is 0 Å². The van der Waals surface area contributed by atoms with Gasteiger partial charge in [-0.2, -0.15) is 0 Å². The molecule has 2 fully saturated rings. The molecule has 2 bridgehead atoms. The molecule has 0 saturated heterocycles. The first kappa shape index (κ1) is 13.4. The summed E-state index contributed by atoms with van der Waals surface area (Å²) >= 11 is 5.89. The van der Waals surface area contributed by atoms with E-state index in [9.17, 15) is 4.39 Å². The van der Waals surface area contributed by atoms with Gasteiger partial charge in [-0.15, -0.1) is 0 Å². The Morgan fingerprint density at radius 3 is 2.84 bits per heavy atom. The van der Waals surface area contributed by atoms with E-state index in [-0.39, 0.29) is 16.9 Å². The third kappa shape index (κ3) is 2.53. The van der Waals surface area contributed by atoms with Gasteiger partial charge in [0.2, 0.25) is 0 Å². The molecule has 0 spiro atoms. The van der Waals surface area contributed by atoms with Crippen molar-refractivity contribution in [2.24, 2.45) is 17.8 Å². The summed E-state index contributed by atoms with van der Waals surface area (Å²) in [5.41, 5.74) is 0.720. The predicted octanol–water partition coefficient (Wildman–Crippen LogP) is 4.57. The van der Waals surface area contributed by atoms with E-state index in [0.717, 1.165) is 29.7 Å². The van der Waals surface area contributed by atoms with Gasteiger partial charge in [0.05, 0.1) is 5.02 Å². The molecule has 3 heteroatoms. The van der Waals surface area contributed by atoms with Crippen LogP contribution in [0.5, 0.6) is 0 Å². The number of benzene rings is 1. The second-order valence-corrected chi connectivity index (χ2v) is 6.56. The van der Waals surface area contributed by atoms with Crippen LogP contribution in [0.25, 0.3) is 0 Å². The Morgan fingerprint density at radius 1 is 1.37 bits per heavy atom. The minimum atomic E-state index is -0.258. The average Bonchev–Trinajstić information content (AvgIpc) is 3.02. The van der Waals surface area contributed by atoms with Crippen LogP contribution < -0.4 is 5.32 Å². The van der Waals surface area contributed by atoms with Gasteiger partial charge in [-0.25, -0.2) is 4.39 Å². The van der Waals surface area contributed by atoms with Crippen molar-refractivity contribution in [2.45, 2.75) is 38.1 Å². The summed E-state index contributed by atoms with van der Waals surface area (Å²) < 4.78 is 14.1. The molecular weight excluding hydrogens is 261 g/mol. The zero-order valence-electron chi connectivity index (χ0n) is 11.3. The minimum absolute atomic E-state index is 0.0862. The highest BCUT2D eigenvalue weighted by Gasteiger charge is 2.40. The van der Waals surface area contributed by atoms with Crippen LogP contribution in [-0.2, 0) is 0 Å². The Labute approximate surface area is 119 Å².